The second-order valence-electron chi connectivity index (χ2n) is 5.70. The van der Waals surface area contributed by atoms with Crippen LogP contribution >= 0.6 is 11.6 Å². The van der Waals surface area contributed by atoms with E-state index in [9.17, 15) is 14.9 Å². The normalized spacial score (nSPS) is 20.6. The van der Waals surface area contributed by atoms with Crippen molar-refractivity contribution in [1.29, 1.82) is 0 Å². The highest BCUT2D eigenvalue weighted by molar-refractivity contribution is 6.32. The summed E-state index contributed by atoms with van der Waals surface area (Å²) in [5.41, 5.74) is -0.176. The summed E-state index contributed by atoms with van der Waals surface area (Å²) in [5, 5.41) is 13.6. The number of amides is 1. The number of carbonyl (C=O) groups excluding carboxylic acids is 1. The van der Waals surface area contributed by atoms with Crippen molar-refractivity contribution in [3.63, 3.8) is 0 Å². The SMILES string of the molecule is CC1(C)CCCC1NC(=O)c1cc([N+](=O)[O-])cnc1Cl. The number of halogens is 1. The van der Waals surface area contributed by atoms with Crippen molar-refractivity contribution < 1.29 is 9.72 Å². The summed E-state index contributed by atoms with van der Waals surface area (Å²) in [6.07, 6.45) is 4.04. The smallest absolute Gasteiger partial charge is 0.288 e. The lowest BCUT2D eigenvalue weighted by Gasteiger charge is -2.27. The largest absolute Gasteiger partial charge is 0.349 e. The number of hydrogen-bond acceptors (Lipinski definition) is 4. The van der Waals surface area contributed by atoms with Gasteiger partial charge in [-0.3, -0.25) is 14.9 Å². The second-order valence-corrected chi connectivity index (χ2v) is 6.05. The van der Waals surface area contributed by atoms with E-state index in [-0.39, 0.29) is 27.9 Å². The number of hydrogen-bond donors (Lipinski definition) is 1. The molecule has 1 aromatic heterocycles. The van der Waals surface area contributed by atoms with Crippen molar-refractivity contribution in [3.05, 3.63) is 33.1 Å². The van der Waals surface area contributed by atoms with E-state index in [0.29, 0.717) is 0 Å². The lowest BCUT2D eigenvalue weighted by Crippen LogP contribution is -2.41. The summed E-state index contributed by atoms with van der Waals surface area (Å²) in [6, 6.07) is 1.21. The summed E-state index contributed by atoms with van der Waals surface area (Å²) in [4.78, 5) is 26.0. The molecule has 1 aliphatic carbocycles. The predicted molar refractivity (Wildman–Crippen MR) is 74.8 cm³/mol. The van der Waals surface area contributed by atoms with Gasteiger partial charge in [0.1, 0.15) is 11.3 Å². The van der Waals surface area contributed by atoms with Gasteiger partial charge in [0.15, 0.2) is 0 Å². The predicted octanol–water partition coefficient (Wildman–Crippen LogP) is 2.95. The van der Waals surface area contributed by atoms with Gasteiger partial charge in [-0.15, -0.1) is 0 Å². The van der Waals surface area contributed by atoms with Crippen molar-refractivity contribution in [2.45, 2.75) is 39.2 Å². The van der Waals surface area contributed by atoms with Crippen molar-refractivity contribution in [2.24, 2.45) is 5.41 Å². The molecule has 1 unspecified atom stereocenters. The van der Waals surface area contributed by atoms with Crippen molar-refractivity contribution in [2.75, 3.05) is 0 Å². The minimum Gasteiger partial charge on any atom is -0.349 e. The molecule has 1 N–H and O–H groups in total. The van der Waals surface area contributed by atoms with Gasteiger partial charge in [-0.05, 0) is 18.3 Å². The Morgan fingerprint density at radius 2 is 2.30 bits per heavy atom. The van der Waals surface area contributed by atoms with Gasteiger partial charge in [-0.1, -0.05) is 31.9 Å². The minimum atomic E-state index is -0.598. The lowest BCUT2D eigenvalue weighted by atomic mass is 9.87. The van der Waals surface area contributed by atoms with Crippen LogP contribution in [0.25, 0.3) is 0 Å². The molecular formula is C13H16ClN3O3. The van der Waals surface area contributed by atoms with Crippen LogP contribution in [-0.2, 0) is 0 Å². The molecule has 0 saturated heterocycles. The molecule has 1 saturated carbocycles. The zero-order valence-corrected chi connectivity index (χ0v) is 12.1. The third kappa shape index (κ3) is 2.90. The van der Waals surface area contributed by atoms with Crippen LogP contribution < -0.4 is 5.32 Å². The van der Waals surface area contributed by atoms with Gasteiger partial charge in [0, 0.05) is 12.1 Å². The molecule has 1 heterocycles. The van der Waals surface area contributed by atoms with Crippen LogP contribution in [-0.4, -0.2) is 21.9 Å². The Hall–Kier alpha value is -1.69. The summed E-state index contributed by atoms with van der Waals surface area (Å²) >= 11 is 5.86. The van der Waals surface area contributed by atoms with Crippen LogP contribution in [0.15, 0.2) is 12.3 Å². The molecule has 0 aromatic carbocycles. The third-order valence-corrected chi connectivity index (χ3v) is 4.14. The number of rotatable bonds is 3. The molecular weight excluding hydrogens is 282 g/mol. The molecule has 1 aliphatic rings. The molecule has 0 aliphatic heterocycles. The van der Waals surface area contributed by atoms with E-state index in [1.54, 1.807) is 0 Å². The Kier molecular flexibility index (Phi) is 3.94. The molecule has 108 valence electrons. The Morgan fingerprint density at radius 1 is 1.60 bits per heavy atom. The highest BCUT2D eigenvalue weighted by Crippen LogP contribution is 2.37. The average molecular weight is 298 g/mol. The summed E-state index contributed by atoms with van der Waals surface area (Å²) in [6.45, 7) is 4.19. The first-order valence-corrected chi connectivity index (χ1v) is 6.80. The standard InChI is InChI=1S/C13H16ClN3O3/c1-13(2)5-3-4-10(13)16-12(18)9-6-8(17(19)20)7-15-11(9)14/h6-7,10H,3-5H2,1-2H3,(H,16,18). The van der Waals surface area contributed by atoms with Crippen LogP contribution in [0.4, 0.5) is 5.69 Å². The van der Waals surface area contributed by atoms with E-state index < -0.39 is 10.8 Å². The van der Waals surface area contributed by atoms with E-state index in [1.165, 1.54) is 0 Å². The number of nitrogens with zero attached hydrogens (tertiary/aromatic N) is 2. The van der Waals surface area contributed by atoms with Crippen LogP contribution in [0, 0.1) is 15.5 Å². The summed E-state index contributed by atoms with van der Waals surface area (Å²) in [5.74, 6) is -0.411. The molecule has 0 spiro atoms. The fourth-order valence-corrected chi connectivity index (χ4v) is 2.72. The van der Waals surface area contributed by atoms with Gasteiger partial charge in [0.25, 0.3) is 11.6 Å². The van der Waals surface area contributed by atoms with E-state index in [4.69, 9.17) is 11.6 Å². The number of aromatic nitrogens is 1. The zero-order valence-electron chi connectivity index (χ0n) is 11.4. The Balaban J connectivity index is 2.21. The molecule has 7 heteroatoms. The van der Waals surface area contributed by atoms with Crippen LogP contribution in [0.2, 0.25) is 5.15 Å². The molecule has 1 atom stereocenters. The van der Waals surface area contributed by atoms with Gasteiger partial charge in [0.05, 0.1) is 10.5 Å². The zero-order chi connectivity index (χ0) is 14.9. The third-order valence-electron chi connectivity index (χ3n) is 3.84. The molecule has 1 fully saturated rings. The lowest BCUT2D eigenvalue weighted by molar-refractivity contribution is -0.385. The van der Waals surface area contributed by atoms with Crippen LogP contribution in [0.5, 0.6) is 0 Å². The van der Waals surface area contributed by atoms with Crippen LogP contribution in [0.3, 0.4) is 0 Å². The highest BCUT2D eigenvalue weighted by atomic mass is 35.5. The Labute approximate surface area is 121 Å². The first-order chi connectivity index (χ1) is 9.31. The van der Waals surface area contributed by atoms with Gasteiger partial charge in [0.2, 0.25) is 0 Å². The number of pyridine rings is 1. The summed E-state index contributed by atoms with van der Waals surface area (Å²) < 4.78 is 0. The minimum absolute atomic E-state index is 0.0241. The molecule has 20 heavy (non-hydrogen) atoms. The van der Waals surface area contributed by atoms with E-state index >= 15 is 0 Å². The van der Waals surface area contributed by atoms with Crippen LogP contribution in [0.1, 0.15) is 43.5 Å². The van der Waals surface area contributed by atoms with Gasteiger partial charge < -0.3 is 5.32 Å². The number of nitrogens with one attached hydrogen (secondary N) is 1. The number of nitro groups is 1. The van der Waals surface area contributed by atoms with E-state index in [0.717, 1.165) is 31.5 Å². The molecule has 1 aromatic rings. The molecule has 0 radical (unpaired) electrons. The quantitative estimate of drug-likeness (QED) is 0.528. The van der Waals surface area contributed by atoms with Gasteiger partial charge in [-0.2, -0.15) is 0 Å². The molecule has 0 bridgehead atoms. The fraction of sp³-hybridized carbons (Fsp3) is 0.538. The summed E-state index contributed by atoms with van der Waals surface area (Å²) in [7, 11) is 0. The first-order valence-electron chi connectivity index (χ1n) is 6.42. The van der Waals surface area contributed by atoms with E-state index in [2.05, 4.69) is 24.1 Å². The van der Waals surface area contributed by atoms with Crippen molar-refractivity contribution in [3.8, 4) is 0 Å². The van der Waals surface area contributed by atoms with E-state index in [1.807, 2.05) is 0 Å². The first kappa shape index (κ1) is 14.7. The Bertz CT molecular complexity index is 560. The van der Waals surface area contributed by atoms with Crippen molar-refractivity contribution in [1.82, 2.24) is 10.3 Å². The fourth-order valence-electron chi connectivity index (χ4n) is 2.53. The van der Waals surface area contributed by atoms with Gasteiger partial charge in [-0.25, -0.2) is 4.98 Å². The maximum absolute atomic E-state index is 12.2. The maximum Gasteiger partial charge on any atom is 0.288 e. The van der Waals surface area contributed by atoms with Crippen molar-refractivity contribution >= 4 is 23.2 Å². The number of carbonyl (C=O) groups is 1. The molecule has 1 amide bonds. The maximum atomic E-state index is 12.2. The molecule has 6 nitrogen and oxygen atoms in total. The Morgan fingerprint density at radius 3 is 2.85 bits per heavy atom. The monoisotopic (exact) mass is 297 g/mol. The molecule has 2 rings (SSSR count). The average Bonchev–Trinajstić information content (AvgIpc) is 2.68. The topological polar surface area (TPSA) is 85.1 Å². The second kappa shape index (κ2) is 5.36. The highest BCUT2D eigenvalue weighted by Gasteiger charge is 2.36. The van der Waals surface area contributed by atoms with Gasteiger partial charge >= 0.3 is 0 Å².